The molecule has 6 nitrogen and oxygen atoms in total. The third kappa shape index (κ3) is 2.31. The Labute approximate surface area is 107 Å². The SMILES string of the molecule is Cn1nncc1C(NN)c1cc(Br)ccc1N. The highest BCUT2D eigenvalue weighted by Gasteiger charge is 2.19. The minimum Gasteiger partial charge on any atom is -0.398 e. The van der Waals surface area contributed by atoms with Crippen LogP contribution in [0.4, 0.5) is 5.69 Å². The van der Waals surface area contributed by atoms with Crippen molar-refractivity contribution in [2.45, 2.75) is 6.04 Å². The van der Waals surface area contributed by atoms with Gasteiger partial charge in [-0.3, -0.25) is 10.5 Å². The number of anilines is 1. The van der Waals surface area contributed by atoms with Crippen LogP contribution in [0.25, 0.3) is 0 Å². The Morgan fingerprint density at radius 2 is 2.24 bits per heavy atom. The van der Waals surface area contributed by atoms with Crippen molar-refractivity contribution in [1.82, 2.24) is 20.4 Å². The highest BCUT2D eigenvalue weighted by molar-refractivity contribution is 9.10. The van der Waals surface area contributed by atoms with E-state index in [4.69, 9.17) is 11.6 Å². The number of nitrogens with one attached hydrogen (secondary N) is 1. The van der Waals surface area contributed by atoms with Crippen molar-refractivity contribution in [3.05, 3.63) is 40.1 Å². The lowest BCUT2D eigenvalue weighted by atomic mass is 10.0. The molecule has 0 aliphatic heterocycles. The maximum absolute atomic E-state index is 5.96. The molecular formula is C10H13BrN6. The lowest BCUT2D eigenvalue weighted by Gasteiger charge is -2.18. The number of nitrogens with two attached hydrogens (primary N) is 2. The van der Waals surface area contributed by atoms with Gasteiger partial charge in [-0.1, -0.05) is 21.1 Å². The molecule has 1 unspecified atom stereocenters. The Hall–Kier alpha value is -1.44. The van der Waals surface area contributed by atoms with Crippen molar-refractivity contribution in [2.24, 2.45) is 12.9 Å². The lowest BCUT2D eigenvalue weighted by Crippen LogP contribution is -2.31. The molecule has 0 aliphatic rings. The summed E-state index contributed by atoms with van der Waals surface area (Å²) in [6, 6.07) is 5.39. The first kappa shape index (κ1) is 12.0. The summed E-state index contributed by atoms with van der Waals surface area (Å²) in [5.74, 6) is 5.59. The topological polar surface area (TPSA) is 94.8 Å². The minimum atomic E-state index is -0.243. The molecule has 1 aromatic carbocycles. The van der Waals surface area contributed by atoms with Crippen LogP contribution in [0.15, 0.2) is 28.9 Å². The predicted molar refractivity (Wildman–Crippen MR) is 68.7 cm³/mol. The van der Waals surface area contributed by atoms with Crippen LogP contribution in [0.2, 0.25) is 0 Å². The van der Waals surface area contributed by atoms with Gasteiger partial charge in [-0.15, -0.1) is 5.10 Å². The number of halogens is 1. The number of hydrogen-bond acceptors (Lipinski definition) is 5. The second-order valence-corrected chi connectivity index (χ2v) is 4.57. The van der Waals surface area contributed by atoms with Crippen LogP contribution < -0.4 is 17.0 Å². The molecule has 2 rings (SSSR count). The number of rotatable bonds is 3. The largest absolute Gasteiger partial charge is 0.398 e. The average Bonchev–Trinajstić information content (AvgIpc) is 2.71. The van der Waals surface area contributed by atoms with Crippen LogP contribution in [0.1, 0.15) is 17.3 Å². The highest BCUT2D eigenvalue weighted by Crippen LogP contribution is 2.28. The first-order chi connectivity index (χ1) is 8.13. The van der Waals surface area contributed by atoms with E-state index in [0.29, 0.717) is 5.69 Å². The predicted octanol–water partition coefficient (Wildman–Crippen LogP) is 0.713. The molecule has 1 aromatic heterocycles. The zero-order valence-corrected chi connectivity index (χ0v) is 10.8. The summed E-state index contributed by atoms with van der Waals surface area (Å²) >= 11 is 3.41. The van der Waals surface area contributed by atoms with Gasteiger partial charge < -0.3 is 5.73 Å². The van der Waals surface area contributed by atoms with Gasteiger partial charge in [0.05, 0.1) is 17.9 Å². The van der Waals surface area contributed by atoms with Crippen LogP contribution in [-0.4, -0.2) is 15.0 Å². The van der Waals surface area contributed by atoms with Gasteiger partial charge in [-0.2, -0.15) is 0 Å². The quantitative estimate of drug-likeness (QED) is 0.441. The van der Waals surface area contributed by atoms with Gasteiger partial charge in [0.15, 0.2) is 0 Å². The maximum Gasteiger partial charge on any atom is 0.0914 e. The summed E-state index contributed by atoms with van der Waals surface area (Å²) in [5, 5.41) is 7.71. The zero-order valence-electron chi connectivity index (χ0n) is 9.26. The van der Waals surface area contributed by atoms with Gasteiger partial charge in [0.2, 0.25) is 0 Å². The zero-order chi connectivity index (χ0) is 12.4. The fraction of sp³-hybridized carbons (Fsp3) is 0.200. The molecule has 0 amide bonds. The Kier molecular flexibility index (Phi) is 3.41. The van der Waals surface area contributed by atoms with Crippen LogP contribution in [0, 0.1) is 0 Å². The number of hydrogen-bond donors (Lipinski definition) is 3. The smallest absolute Gasteiger partial charge is 0.0914 e. The molecule has 0 bridgehead atoms. The summed E-state index contributed by atoms with van der Waals surface area (Å²) in [7, 11) is 1.81. The molecule has 7 heteroatoms. The number of aryl methyl sites for hydroxylation is 1. The summed E-state index contributed by atoms with van der Waals surface area (Å²) in [6.45, 7) is 0. The molecule has 0 aliphatic carbocycles. The molecule has 0 fully saturated rings. The van der Waals surface area contributed by atoms with Gasteiger partial charge in [0.25, 0.3) is 0 Å². The van der Waals surface area contributed by atoms with E-state index in [-0.39, 0.29) is 6.04 Å². The second-order valence-electron chi connectivity index (χ2n) is 3.66. The lowest BCUT2D eigenvalue weighted by molar-refractivity contribution is 0.571. The van der Waals surface area contributed by atoms with Crippen LogP contribution >= 0.6 is 15.9 Å². The number of nitrogens with zero attached hydrogens (tertiary/aromatic N) is 3. The molecule has 17 heavy (non-hydrogen) atoms. The van der Waals surface area contributed by atoms with E-state index in [1.165, 1.54) is 0 Å². The molecule has 0 radical (unpaired) electrons. The van der Waals surface area contributed by atoms with Crippen LogP contribution in [0.5, 0.6) is 0 Å². The summed E-state index contributed by atoms with van der Waals surface area (Å²) in [4.78, 5) is 0. The molecule has 0 saturated carbocycles. The number of aromatic nitrogens is 3. The summed E-state index contributed by atoms with van der Waals surface area (Å²) < 4.78 is 2.60. The second kappa shape index (κ2) is 4.82. The monoisotopic (exact) mass is 296 g/mol. The van der Waals surface area contributed by atoms with Gasteiger partial charge in [0, 0.05) is 22.8 Å². The van der Waals surface area contributed by atoms with Crippen molar-refractivity contribution in [3.8, 4) is 0 Å². The fourth-order valence-corrected chi connectivity index (χ4v) is 2.07. The van der Waals surface area contributed by atoms with Gasteiger partial charge in [-0.25, -0.2) is 5.43 Å². The van der Waals surface area contributed by atoms with Crippen LogP contribution in [-0.2, 0) is 7.05 Å². The first-order valence-corrected chi connectivity index (χ1v) is 5.78. The summed E-state index contributed by atoms with van der Waals surface area (Å²) in [6.07, 6.45) is 1.66. The molecule has 1 atom stereocenters. The Morgan fingerprint density at radius 3 is 2.82 bits per heavy atom. The van der Waals surface area contributed by atoms with Gasteiger partial charge in [-0.05, 0) is 18.2 Å². The molecule has 1 heterocycles. The Morgan fingerprint density at radius 1 is 1.47 bits per heavy atom. The normalized spacial score (nSPS) is 12.6. The van der Waals surface area contributed by atoms with E-state index in [1.807, 2.05) is 18.2 Å². The van der Waals surface area contributed by atoms with Gasteiger partial charge >= 0.3 is 0 Å². The third-order valence-corrected chi connectivity index (χ3v) is 3.07. The highest BCUT2D eigenvalue weighted by atomic mass is 79.9. The van der Waals surface area contributed by atoms with Crippen molar-refractivity contribution >= 4 is 21.6 Å². The molecule has 90 valence electrons. The first-order valence-electron chi connectivity index (χ1n) is 4.99. The molecule has 0 spiro atoms. The maximum atomic E-state index is 5.96. The van der Waals surface area contributed by atoms with Gasteiger partial charge in [0.1, 0.15) is 0 Å². The van der Waals surface area contributed by atoms with Crippen molar-refractivity contribution in [1.29, 1.82) is 0 Å². The van der Waals surface area contributed by atoms with E-state index in [0.717, 1.165) is 15.7 Å². The summed E-state index contributed by atoms with van der Waals surface area (Å²) in [5.41, 5.74) is 11.1. The van der Waals surface area contributed by atoms with E-state index in [1.54, 1.807) is 17.9 Å². The average molecular weight is 297 g/mol. The fourth-order valence-electron chi connectivity index (χ4n) is 1.69. The number of hydrazine groups is 1. The van der Waals surface area contributed by atoms with Crippen molar-refractivity contribution in [2.75, 3.05) is 5.73 Å². The molecule has 0 saturated heterocycles. The molecule has 5 N–H and O–H groups in total. The van der Waals surface area contributed by atoms with Crippen LogP contribution in [0.3, 0.4) is 0 Å². The molecule has 2 aromatic rings. The minimum absolute atomic E-state index is 0.243. The third-order valence-electron chi connectivity index (χ3n) is 2.57. The Balaban J connectivity index is 2.49. The van der Waals surface area contributed by atoms with Crippen molar-refractivity contribution in [3.63, 3.8) is 0 Å². The number of benzene rings is 1. The number of nitrogen functional groups attached to an aromatic ring is 1. The standard InChI is InChI=1S/C10H13BrN6/c1-17-9(5-14-16-17)10(15-13)7-4-6(11)2-3-8(7)12/h2-5,10,15H,12-13H2,1H3. The van der Waals surface area contributed by atoms with E-state index in [2.05, 4.69) is 31.7 Å². The van der Waals surface area contributed by atoms with E-state index in [9.17, 15) is 0 Å². The van der Waals surface area contributed by atoms with Crippen molar-refractivity contribution < 1.29 is 0 Å². The van der Waals surface area contributed by atoms with E-state index >= 15 is 0 Å². The Bertz CT molecular complexity index is 523. The van der Waals surface area contributed by atoms with E-state index < -0.39 is 0 Å². The molecular weight excluding hydrogens is 284 g/mol.